The van der Waals surface area contributed by atoms with Crippen LogP contribution in [0.4, 0.5) is 0 Å². The van der Waals surface area contributed by atoms with E-state index in [1.807, 2.05) is 0 Å². The van der Waals surface area contributed by atoms with Gasteiger partial charge < -0.3 is 23.9 Å². The number of aromatic nitrogens is 1. The number of ether oxygens (including phenoxy) is 1. The number of pyridine rings is 1. The van der Waals surface area contributed by atoms with Gasteiger partial charge in [-0.25, -0.2) is 4.79 Å². The van der Waals surface area contributed by atoms with Crippen LogP contribution in [0.3, 0.4) is 0 Å². The summed E-state index contributed by atoms with van der Waals surface area (Å²) in [6.07, 6.45) is 2.83. The minimum absolute atomic E-state index is 0.158. The number of carbonyl (C=O) groups is 3. The maximum absolute atomic E-state index is 12.2. The molecule has 9 heteroatoms. The first-order valence-electron chi connectivity index (χ1n) is 8.01. The van der Waals surface area contributed by atoms with E-state index in [9.17, 15) is 19.2 Å². The number of esters is 1. The largest absolute Gasteiger partial charge is 0.459 e. The highest BCUT2D eigenvalue weighted by Gasteiger charge is 2.26. The molecule has 3 heterocycles. The van der Waals surface area contributed by atoms with Gasteiger partial charge >= 0.3 is 5.97 Å². The van der Waals surface area contributed by atoms with Gasteiger partial charge in [-0.05, 0) is 24.3 Å². The van der Waals surface area contributed by atoms with Crippen LogP contribution in [0.2, 0.25) is 0 Å². The first-order chi connectivity index (χ1) is 12.6. The van der Waals surface area contributed by atoms with Crippen LogP contribution in [0.25, 0.3) is 0 Å². The molecule has 0 spiro atoms. The molecule has 2 amide bonds. The maximum Gasteiger partial charge on any atom is 0.344 e. The lowest BCUT2D eigenvalue weighted by Gasteiger charge is -2.34. The van der Waals surface area contributed by atoms with E-state index < -0.39 is 18.1 Å². The molecule has 136 valence electrons. The molecule has 1 saturated heterocycles. The second-order valence-corrected chi connectivity index (χ2v) is 5.64. The zero-order valence-corrected chi connectivity index (χ0v) is 13.8. The number of rotatable bonds is 4. The summed E-state index contributed by atoms with van der Waals surface area (Å²) in [4.78, 5) is 53.2. The second-order valence-electron chi connectivity index (χ2n) is 5.64. The predicted octanol–water partition coefficient (Wildman–Crippen LogP) is 0.109. The second kappa shape index (κ2) is 7.68. The van der Waals surface area contributed by atoms with Gasteiger partial charge in [0.1, 0.15) is 5.56 Å². The number of aromatic amines is 1. The number of furan rings is 1. The molecule has 2 aromatic heterocycles. The molecular formula is C17H17N3O6. The molecule has 3 rings (SSSR count). The van der Waals surface area contributed by atoms with E-state index in [0.717, 1.165) is 0 Å². The fourth-order valence-corrected chi connectivity index (χ4v) is 2.59. The van der Waals surface area contributed by atoms with Crippen LogP contribution < -0.4 is 5.56 Å². The lowest BCUT2D eigenvalue weighted by atomic mass is 10.2. The molecule has 1 fully saturated rings. The fourth-order valence-electron chi connectivity index (χ4n) is 2.59. The summed E-state index contributed by atoms with van der Waals surface area (Å²) in [5.74, 6) is -1.20. The van der Waals surface area contributed by atoms with Crippen molar-refractivity contribution in [1.29, 1.82) is 0 Å². The van der Waals surface area contributed by atoms with Gasteiger partial charge in [-0.1, -0.05) is 0 Å². The summed E-state index contributed by atoms with van der Waals surface area (Å²) in [5, 5.41) is 0. The van der Waals surface area contributed by atoms with Crippen molar-refractivity contribution in [1.82, 2.24) is 14.8 Å². The smallest absolute Gasteiger partial charge is 0.344 e. The first-order valence-corrected chi connectivity index (χ1v) is 8.01. The van der Waals surface area contributed by atoms with Crippen molar-refractivity contribution in [2.75, 3.05) is 32.8 Å². The lowest BCUT2D eigenvalue weighted by molar-refractivity contribution is -0.136. The number of nitrogens with zero attached hydrogens (tertiary/aromatic N) is 2. The molecule has 0 saturated carbocycles. The number of amides is 2. The molecule has 0 aromatic carbocycles. The fraction of sp³-hybridized carbons (Fsp3) is 0.294. The average Bonchev–Trinajstić information content (AvgIpc) is 3.20. The van der Waals surface area contributed by atoms with Crippen molar-refractivity contribution < 1.29 is 23.5 Å². The molecule has 1 N–H and O–H groups in total. The Labute approximate surface area is 148 Å². The van der Waals surface area contributed by atoms with E-state index in [-0.39, 0.29) is 23.1 Å². The molecule has 0 radical (unpaired) electrons. The van der Waals surface area contributed by atoms with Crippen LogP contribution in [0, 0.1) is 0 Å². The third-order valence-electron chi connectivity index (χ3n) is 4.02. The Bertz CT molecular complexity index is 849. The molecule has 2 aromatic rings. The summed E-state index contributed by atoms with van der Waals surface area (Å²) in [6, 6.07) is 6.05. The van der Waals surface area contributed by atoms with Crippen molar-refractivity contribution in [2.24, 2.45) is 0 Å². The highest BCUT2D eigenvalue weighted by atomic mass is 16.5. The van der Waals surface area contributed by atoms with Gasteiger partial charge in [-0.2, -0.15) is 0 Å². The molecule has 0 atom stereocenters. The summed E-state index contributed by atoms with van der Waals surface area (Å²) >= 11 is 0. The van der Waals surface area contributed by atoms with Gasteiger partial charge in [0.05, 0.1) is 6.26 Å². The quantitative estimate of drug-likeness (QED) is 0.775. The van der Waals surface area contributed by atoms with Crippen molar-refractivity contribution in [3.63, 3.8) is 0 Å². The monoisotopic (exact) mass is 359 g/mol. The summed E-state index contributed by atoms with van der Waals surface area (Å²) in [6.45, 7) is 0.915. The van der Waals surface area contributed by atoms with E-state index in [0.29, 0.717) is 26.2 Å². The summed E-state index contributed by atoms with van der Waals surface area (Å²) in [5.41, 5.74) is -0.732. The van der Waals surface area contributed by atoms with E-state index >= 15 is 0 Å². The third kappa shape index (κ3) is 3.82. The van der Waals surface area contributed by atoms with E-state index in [1.165, 1.54) is 29.5 Å². The Morgan fingerprint density at radius 1 is 1.08 bits per heavy atom. The average molecular weight is 359 g/mol. The molecule has 1 aliphatic heterocycles. The highest BCUT2D eigenvalue weighted by molar-refractivity contribution is 5.92. The minimum atomic E-state index is -0.855. The van der Waals surface area contributed by atoms with Crippen LogP contribution in [-0.4, -0.2) is 65.4 Å². The molecule has 26 heavy (non-hydrogen) atoms. The van der Waals surface area contributed by atoms with Crippen LogP contribution >= 0.6 is 0 Å². The number of H-pyrrole nitrogens is 1. The number of hydrogen-bond donors (Lipinski definition) is 1. The normalized spacial score (nSPS) is 14.2. The summed E-state index contributed by atoms with van der Waals surface area (Å²) in [7, 11) is 0. The number of carbonyl (C=O) groups excluding carboxylic acids is 3. The molecule has 0 aliphatic carbocycles. The SMILES string of the molecule is O=C(OCC(=O)N1CCN(C(=O)c2ccco2)CC1)c1ccc[nH]c1=O. The van der Waals surface area contributed by atoms with Gasteiger partial charge in [-0.15, -0.1) is 0 Å². The van der Waals surface area contributed by atoms with E-state index in [4.69, 9.17) is 9.15 Å². The molecule has 9 nitrogen and oxygen atoms in total. The lowest BCUT2D eigenvalue weighted by Crippen LogP contribution is -2.51. The van der Waals surface area contributed by atoms with Gasteiger partial charge in [0, 0.05) is 32.4 Å². The van der Waals surface area contributed by atoms with Crippen molar-refractivity contribution >= 4 is 17.8 Å². The zero-order chi connectivity index (χ0) is 18.5. The van der Waals surface area contributed by atoms with Crippen molar-refractivity contribution in [2.45, 2.75) is 0 Å². The van der Waals surface area contributed by atoms with Crippen molar-refractivity contribution in [3.8, 4) is 0 Å². The van der Waals surface area contributed by atoms with E-state index in [1.54, 1.807) is 17.0 Å². The molecule has 0 bridgehead atoms. The van der Waals surface area contributed by atoms with Crippen LogP contribution in [-0.2, 0) is 9.53 Å². The Hall–Kier alpha value is -3.36. The Balaban J connectivity index is 1.48. The Kier molecular flexibility index (Phi) is 5.16. The number of piperazine rings is 1. The first kappa shape index (κ1) is 17.5. The number of nitrogens with one attached hydrogen (secondary N) is 1. The third-order valence-corrected chi connectivity index (χ3v) is 4.02. The minimum Gasteiger partial charge on any atom is -0.459 e. The standard InChI is InChI=1S/C17H17N3O6/c21-14(11-26-17(24)12-3-1-5-18-15(12)22)19-6-8-20(9-7-19)16(23)13-4-2-10-25-13/h1-5,10H,6-9,11H2,(H,18,22). The topological polar surface area (TPSA) is 113 Å². The van der Waals surface area contributed by atoms with Gasteiger partial charge in [0.25, 0.3) is 17.4 Å². The van der Waals surface area contributed by atoms with Crippen LogP contribution in [0.15, 0.2) is 45.9 Å². The van der Waals surface area contributed by atoms with Gasteiger partial charge in [0.2, 0.25) is 0 Å². The van der Waals surface area contributed by atoms with Crippen molar-refractivity contribution in [3.05, 3.63) is 58.4 Å². The van der Waals surface area contributed by atoms with Crippen LogP contribution in [0.1, 0.15) is 20.9 Å². The van der Waals surface area contributed by atoms with Crippen LogP contribution in [0.5, 0.6) is 0 Å². The van der Waals surface area contributed by atoms with Gasteiger partial charge in [0.15, 0.2) is 12.4 Å². The molecular weight excluding hydrogens is 342 g/mol. The Morgan fingerprint density at radius 2 is 1.81 bits per heavy atom. The maximum atomic E-state index is 12.2. The number of hydrogen-bond acceptors (Lipinski definition) is 6. The predicted molar refractivity (Wildman–Crippen MR) is 88.5 cm³/mol. The van der Waals surface area contributed by atoms with Gasteiger partial charge in [-0.3, -0.25) is 14.4 Å². The molecule has 1 aliphatic rings. The highest BCUT2D eigenvalue weighted by Crippen LogP contribution is 2.09. The zero-order valence-electron chi connectivity index (χ0n) is 13.8. The molecule has 0 unspecified atom stereocenters. The van der Waals surface area contributed by atoms with E-state index in [2.05, 4.69) is 4.98 Å². The Morgan fingerprint density at radius 3 is 2.46 bits per heavy atom. The summed E-state index contributed by atoms with van der Waals surface area (Å²) < 4.78 is 9.99.